The minimum absolute atomic E-state index is 0.0750. The molecule has 0 spiro atoms. The van der Waals surface area contributed by atoms with Gasteiger partial charge in [-0.15, -0.1) is 0 Å². The molecule has 1 unspecified atom stereocenters. The summed E-state index contributed by atoms with van der Waals surface area (Å²) in [5.74, 6) is -0.513. The molecule has 0 aliphatic carbocycles. The minimum atomic E-state index is -1.01. The fraction of sp³-hybridized carbons (Fsp3) is 0.857. The fourth-order valence-electron chi connectivity index (χ4n) is 2.37. The molecule has 1 fully saturated rings. The molecule has 1 aliphatic heterocycles. The first-order valence-corrected chi connectivity index (χ1v) is 7.41. The number of amides is 2. The predicted octanol–water partition coefficient (Wildman–Crippen LogP) is 1.65. The number of morpholine rings is 1. The molecule has 20 heavy (non-hydrogen) atoms. The summed E-state index contributed by atoms with van der Waals surface area (Å²) in [5.41, 5.74) is 0. The van der Waals surface area contributed by atoms with E-state index in [9.17, 15) is 9.59 Å². The zero-order valence-electron chi connectivity index (χ0n) is 12.7. The van der Waals surface area contributed by atoms with Crippen molar-refractivity contribution in [3.8, 4) is 0 Å². The quantitative estimate of drug-likeness (QED) is 0.806. The Hall–Kier alpha value is -1.30. The molecule has 1 N–H and O–H groups in total. The monoisotopic (exact) mass is 286 g/mol. The first-order valence-electron chi connectivity index (χ1n) is 7.41. The van der Waals surface area contributed by atoms with Gasteiger partial charge in [-0.2, -0.15) is 0 Å². The number of ether oxygens (including phenoxy) is 1. The molecule has 2 amide bonds. The Kier molecular flexibility index (Phi) is 6.78. The largest absolute Gasteiger partial charge is 0.479 e. The van der Waals surface area contributed by atoms with Crippen molar-refractivity contribution in [1.82, 2.24) is 9.80 Å². The summed E-state index contributed by atoms with van der Waals surface area (Å²) in [6, 6.07) is -0.0750. The van der Waals surface area contributed by atoms with Crippen LogP contribution in [0.15, 0.2) is 0 Å². The van der Waals surface area contributed by atoms with Crippen LogP contribution in [-0.4, -0.2) is 65.8 Å². The molecule has 6 nitrogen and oxygen atoms in total. The Morgan fingerprint density at radius 3 is 2.50 bits per heavy atom. The Balaban J connectivity index is 2.63. The van der Waals surface area contributed by atoms with Crippen LogP contribution < -0.4 is 0 Å². The van der Waals surface area contributed by atoms with Crippen LogP contribution in [0.3, 0.4) is 0 Å². The van der Waals surface area contributed by atoms with Crippen molar-refractivity contribution in [2.45, 2.75) is 39.7 Å². The zero-order valence-corrected chi connectivity index (χ0v) is 12.7. The van der Waals surface area contributed by atoms with E-state index >= 15 is 0 Å². The maximum atomic E-state index is 12.5. The van der Waals surface area contributed by atoms with Crippen molar-refractivity contribution in [2.24, 2.45) is 5.92 Å². The van der Waals surface area contributed by atoms with Gasteiger partial charge in [0.1, 0.15) is 0 Å². The Bertz CT molecular complexity index is 331. The summed E-state index contributed by atoms with van der Waals surface area (Å²) in [7, 11) is 0. The lowest BCUT2D eigenvalue weighted by molar-refractivity contribution is -0.154. The summed E-state index contributed by atoms with van der Waals surface area (Å²) in [4.78, 5) is 26.8. The van der Waals surface area contributed by atoms with Crippen LogP contribution in [0.5, 0.6) is 0 Å². The van der Waals surface area contributed by atoms with Crippen molar-refractivity contribution in [2.75, 3.05) is 32.8 Å². The summed E-state index contributed by atoms with van der Waals surface area (Å²) in [6.45, 7) is 8.46. The predicted molar refractivity (Wildman–Crippen MR) is 75.7 cm³/mol. The third-order valence-corrected chi connectivity index (χ3v) is 3.90. The van der Waals surface area contributed by atoms with E-state index in [1.165, 1.54) is 0 Å². The van der Waals surface area contributed by atoms with Crippen molar-refractivity contribution >= 4 is 12.0 Å². The lowest BCUT2D eigenvalue weighted by atomic mass is 10.0. The van der Waals surface area contributed by atoms with Gasteiger partial charge in [0.15, 0.2) is 6.10 Å². The maximum absolute atomic E-state index is 12.5. The van der Waals surface area contributed by atoms with Gasteiger partial charge in [-0.05, 0) is 12.8 Å². The third kappa shape index (κ3) is 4.37. The van der Waals surface area contributed by atoms with E-state index in [1.54, 1.807) is 4.90 Å². The van der Waals surface area contributed by atoms with Gasteiger partial charge in [0.2, 0.25) is 0 Å². The molecular weight excluding hydrogens is 260 g/mol. The summed E-state index contributed by atoms with van der Waals surface area (Å²) in [5, 5.41) is 8.98. The van der Waals surface area contributed by atoms with Gasteiger partial charge in [0.25, 0.3) is 0 Å². The minimum Gasteiger partial charge on any atom is -0.479 e. The van der Waals surface area contributed by atoms with Gasteiger partial charge >= 0.3 is 12.0 Å². The summed E-state index contributed by atoms with van der Waals surface area (Å²) < 4.78 is 5.14. The van der Waals surface area contributed by atoms with Crippen LogP contribution in [0.4, 0.5) is 4.79 Å². The number of urea groups is 1. The average Bonchev–Trinajstić information content (AvgIpc) is 2.48. The maximum Gasteiger partial charge on any atom is 0.334 e. The van der Waals surface area contributed by atoms with E-state index in [-0.39, 0.29) is 19.2 Å². The normalized spacial score (nSPS) is 19.2. The second-order valence-corrected chi connectivity index (χ2v) is 5.15. The molecular formula is C14H26N2O4. The van der Waals surface area contributed by atoms with Crippen LogP contribution in [0.2, 0.25) is 0 Å². The number of hydrogen-bond acceptors (Lipinski definition) is 3. The molecule has 116 valence electrons. The Labute approximate surface area is 120 Å². The first kappa shape index (κ1) is 16.8. The highest BCUT2D eigenvalue weighted by Crippen LogP contribution is 2.13. The Morgan fingerprint density at radius 1 is 1.35 bits per heavy atom. The molecule has 1 atom stereocenters. The lowest BCUT2D eigenvalue weighted by Gasteiger charge is -2.36. The average molecular weight is 286 g/mol. The van der Waals surface area contributed by atoms with Crippen LogP contribution in [0.25, 0.3) is 0 Å². The molecule has 1 rings (SSSR count). The SMILES string of the molecule is CCC(CC)CN(CC)C(=O)N1CCOC(C(=O)O)C1. The molecule has 0 aromatic rings. The topological polar surface area (TPSA) is 70.1 Å². The first-order chi connectivity index (χ1) is 9.53. The van der Waals surface area contributed by atoms with Crippen LogP contribution >= 0.6 is 0 Å². The van der Waals surface area contributed by atoms with Crippen molar-refractivity contribution < 1.29 is 19.4 Å². The van der Waals surface area contributed by atoms with E-state index in [1.807, 2.05) is 11.8 Å². The second kappa shape index (κ2) is 8.09. The van der Waals surface area contributed by atoms with Gasteiger partial charge in [0, 0.05) is 19.6 Å². The highest BCUT2D eigenvalue weighted by atomic mass is 16.5. The standard InChI is InChI=1S/C14H26N2O4/c1-4-11(5-2)9-15(6-3)14(19)16-7-8-20-12(10-16)13(17)18/h11-12H,4-10H2,1-3H3,(H,17,18). The third-order valence-electron chi connectivity index (χ3n) is 3.90. The molecule has 0 bridgehead atoms. The summed E-state index contributed by atoms with van der Waals surface area (Å²) in [6.07, 6.45) is 1.18. The number of carbonyl (C=O) groups excluding carboxylic acids is 1. The van der Waals surface area contributed by atoms with Gasteiger partial charge in [-0.1, -0.05) is 26.7 Å². The van der Waals surface area contributed by atoms with Crippen LogP contribution in [-0.2, 0) is 9.53 Å². The van der Waals surface area contributed by atoms with E-state index < -0.39 is 12.1 Å². The summed E-state index contributed by atoms with van der Waals surface area (Å²) >= 11 is 0. The van der Waals surface area contributed by atoms with Crippen molar-refractivity contribution in [3.05, 3.63) is 0 Å². The highest BCUT2D eigenvalue weighted by Gasteiger charge is 2.31. The number of carboxylic acids is 1. The number of hydrogen-bond donors (Lipinski definition) is 1. The van der Waals surface area contributed by atoms with Gasteiger partial charge in [-0.3, -0.25) is 0 Å². The van der Waals surface area contributed by atoms with E-state index in [0.717, 1.165) is 19.4 Å². The van der Waals surface area contributed by atoms with Crippen molar-refractivity contribution in [3.63, 3.8) is 0 Å². The number of nitrogens with zero attached hydrogens (tertiary/aromatic N) is 2. The fourth-order valence-corrected chi connectivity index (χ4v) is 2.37. The smallest absolute Gasteiger partial charge is 0.334 e. The Morgan fingerprint density at radius 2 is 2.00 bits per heavy atom. The lowest BCUT2D eigenvalue weighted by Crippen LogP contribution is -2.53. The van der Waals surface area contributed by atoms with Crippen LogP contribution in [0.1, 0.15) is 33.6 Å². The molecule has 0 aromatic carbocycles. The number of aliphatic carboxylic acids is 1. The second-order valence-electron chi connectivity index (χ2n) is 5.15. The van der Waals surface area contributed by atoms with Gasteiger partial charge in [0.05, 0.1) is 13.2 Å². The molecule has 6 heteroatoms. The molecule has 0 radical (unpaired) electrons. The molecule has 1 saturated heterocycles. The number of carbonyl (C=O) groups is 2. The molecule has 1 aliphatic rings. The van der Waals surface area contributed by atoms with Gasteiger partial charge in [-0.25, -0.2) is 9.59 Å². The van der Waals surface area contributed by atoms with Crippen molar-refractivity contribution in [1.29, 1.82) is 0 Å². The zero-order chi connectivity index (χ0) is 15.1. The van der Waals surface area contributed by atoms with E-state index in [2.05, 4.69) is 13.8 Å². The van der Waals surface area contributed by atoms with E-state index in [0.29, 0.717) is 19.0 Å². The molecule has 0 aromatic heterocycles. The molecule has 0 saturated carbocycles. The highest BCUT2D eigenvalue weighted by molar-refractivity contribution is 5.77. The van der Waals surface area contributed by atoms with E-state index in [4.69, 9.17) is 9.84 Å². The number of carboxylic acid groups (broad SMARTS) is 1. The van der Waals surface area contributed by atoms with Crippen LogP contribution in [0, 0.1) is 5.92 Å². The molecule has 1 heterocycles. The number of rotatable bonds is 6. The van der Waals surface area contributed by atoms with Gasteiger partial charge < -0.3 is 19.6 Å².